The highest BCUT2D eigenvalue weighted by atomic mass is 19.4. The van der Waals surface area contributed by atoms with Crippen LogP contribution < -0.4 is 4.74 Å². The smallest absolute Gasteiger partial charge is 0.454 e. The van der Waals surface area contributed by atoms with Crippen molar-refractivity contribution in [2.75, 3.05) is 0 Å². The van der Waals surface area contributed by atoms with Gasteiger partial charge in [-0.15, -0.1) is 13.2 Å². The molecule has 0 radical (unpaired) electrons. The van der Waals surface area contributed by atoms with Gasteiger partial charge in [-0.3, -0.25) is 4.79 Å². The molecule has 28 heavy (non-hydrogen) atoms. The molecule has 3 nitrogen and oxygen atoms in total. The number of carbonyl (C=O) groups is 1. The fourth-order valence-electron chi connectivity index (χ4n) is 4.36. The van der Waals surface area contributed by atoms with Gasteiger partial charge in [0.1, 0.15) is 11.4 Å². The number of fused-ring (bicyclic) bond motifs is 2. The summed E-state index contributed by atoms with van der Waals surface area (Å²) < 4.78 is 47.9. The minimum atomic E-state index is -4.75. The number of hydrogen-bond acceptors (Lipinski definition) is 3. The molecule has 0 N–H and O–H groups in total. The van der Waals surface area contributed by atoms with E-state index in [9.17, 15) is 18.0 Å². The van der Waals surface area contributed by atoms with E-state index >= 15 is 0 Å². The second kappa shape index (κ2) is 6.69. The number of benzene rings is 3. The van der Waals surface area contributed by atoms with Crippen molar-refractivity contribution < 1.29 is 27.4 Å². The van der Waals surface area contributed by atoms with Gasteiger partial charge in [-0.1, -0.05) is 30.3 Å². The van der Waals surface area contributed by atoms with E-state index in [4.69, 9.17) is 4.74 Å². The zero-order chi connectivity index (χ0) is 19.9. The van der Waals surface area contributed by atoms with Crippen molar-refractivity contribution in [3.8, 4) is 5.75 Å². The zero-order valence-corrected chi connectivity index (χ0v) is 15.3. The molecule has 1 aliphatic carbocycles. The maximum Gasteiger partial charge on any atom is 0.573 e. The van der Waals surface area contributed by atoms with Crippen molar-refractivity contribution in [1.82, 2.24) is 0 Å². The molecule has 4 rings (SSSR count). The summed E-state index contributed by atoms with van der Waals surface area (Å²) in [4.78, 5) is 11.9. The Balaban J connectivity index is 2.00. The molecule has 1 aliphatic rings. The predicted molar refractivity (Wildman–Crippen MR) is 100 cm³/mol. The maximum atomic E-state index is 12.6. The van der Waals surface area contributed by atoms with Crippen LogP contribution in [0.3, 0.4) is 0 Å². The highest BCUT2D eigenvalue weighted by Crippen LogP contribution is 2.48. The van der Waals surface area contributed by atoms with Crippen LogP contribution in [0.25, 0.3) is 21.5 Å². The second-order valence-electron chi connectivity index (χ2n) is 7.20. The van der Waals surface area contributed by atoms with Gasteiger partial charge in [-0.05, 0) is 65.4 Å². The Hall–Kier alpha value is -2.76. The van der Waals surface area contributed by atoms with E-state index in [1.807, 2.05) is 30.3 Å². The number of carbonyl (C=O) groups excluding carboxylic acids is 1. The lowest BCUT2D eigenvalue weighted by atomic mass is 9.83. The molecule has 0 heterocycles. The van der Waals surface area contributed by atoms with Crippen LogP contribution in [0.1, 0.15) is 38.2 Å². The minimum Gasteiger partial charge on any atom is -0.454 e. The molecule has 3 aromatic carbocycles. The van der Waals surface area contributed by atoms with Gasteiger partial charge in [0.25, 0.3) is 0 Å². The Bertz CT molecular complexity index is 1050. The summed E-state index contributed by atoms with van der Waals surface area (Å²) in [7, 11) is 0. The first-order valence-corrected chi connectivity index (χ1v) is 9.19. The Morgan fingerprint density at radius 3 is 2.32 bits per heavy atom. The summed E-state index contributed by atoms with van der Waals surface area (Å²) in [6.45, 7) is 1.39. The van der Waals surface area contributed by atoms with E-state index in [1.54, 1.807) is 6.07 Å². The summed E-state index contributed by atoms with van der Waals surface area (Å²) in [6.07, 6.45) is -1.52. The van der Waals surface area contributed by atoms with Crippen molar-refractivity contribution in [1.29, 1.82) is 0 Å². The van der Waals surface area contributed by atoms with E-state index in [0.717, 1.165) is 34.6 Å². The third-order valence-corrected chi connectivity index (χ3v) is 5.27. The number of rotatable bonds is 3. The van der Waals surface area contributed by atoms with Gasteiger partial charge >= 0.3 is 12.3 Å². The molecule has 1 saturated carbocycles. The van der Waals surface area contributed by atoms with Gasteiger partial charge in [0.05, 0.1) is 0 Å². The lowest BCUT2D eigenvalue weighted by Gasteiger charge is -2.32. The fourth-order valence-corrected chi connectivity index (χ4v) is 4.36. The van der Waals surface area contributed by atoms with Crippen molar-refractivity contribution >= 4 is 27.5 Å². The number of halogens is 3. The first-order valence-electron chi connectivity index (χ1n) is 9.19. The van der Waals surface area contributed by atoms with Crippen molar-refractivity contribution in [2.24, 2.45) is 0 Å². The van der Waals surface area contributed by atoms with Crippen molar-refractivity contribution in [2.45, 2.75) is 44.6 Å². The molecule has 146 valence electrons. The molecule has 0 aromatic heterocycles. The summed E-state index contributed by atoms with van der Waals surface area (Å²) in [5.74, 6) is -0.630. The average molecular weight is 388 g/mol. The normalized spacial score (nSPS) is 16.4. The molecule has 0 atom stereocenters. The lowest BCUT2D eigenvalue weighted by Crippen LogP contribution is -2.29. The summed E-state index contributed by atoms with van der Waals surface area (Å²) >= 11 is 0. The van der Waals surface area contributed by atoms with Crippen molar-refractivity contribution in [3.63, 3.8) is 0 Å². The topological polar surface area (TPSA) is 35.5 Å². The quantitative estimate of drug-likeness (QED) is 0.394. The van der Waals surface area contributed by atoms with Crippen LogP contribution in [0.15, 0.2) is 48.5 Å². The third kappa shape index (κ3) is 3.39. The largest absolute Gasteiger partial charge is 0.573 e. The van der Waals surface area contributed by atoms with Crippen LogP contribution in [0.5, 0.6) is 5.75 Å². The van der Waals surface area contributed by atoms with E-state index in [-0.39, 0.29) is 11.7 Å². The molecule has 3 aromatic rings. The molecule has 0 aliphatic heterocycles. The summed E-state index contributed by atoms with van der Waals surface area (Å²) in [5, 5.41) is 3.22. The number of alkyl halides is 3. The van der Waals surface area contributed by atoms with Crippen LogP contribution in [0.2, 0.25) is 0 Å². The monoisotopic (exact) mass is 388 g/mol. The van der Waals surface area contributed by atoms with E-state index in [1.165, 1.54) is 19.1 Å². The fraction of sp³-hybridized carbons (Fsp3) is 0.318. The van der Waals surface area contributed by atoms with E-state index in [0.29, 0.717) is 18.2 Å². The van der Waals surface area contributed by atoms with Gasteiger partial charge in [0.15, 0.2) is 0 Å². The molecular weight excluding hydrogens is 369 g/mol. The Kier molecular flexibility index (Phi) is 4.44. The number of esters is 1. The van der Waals surface area contributed by atoms with E-state index < -0.39 is 12.0 Å². The molecule has 0 unspecified atom stereocenters. The molecule has 0 spiro atoms. The summed E-state index contributed by atoms with van der Waals surface area (Å²) in [5.41, 5.74) is 0.101. The summed E-state index contributed by atoms with van der Waals surface area (Å²) in [6, 6.07) is 13.8. The highest BCUT2D eigenvalue weighted by Gasteiger charge is 2.41. The highest BCUT2D eigenvalue weighted by molar-refractivity contribution is 6.03. The molecule has 0 saturated heterocycles. The van der Waals surface area contributed by atoms with Gasteiger partial charge in [-0.25, -0.2) is 0 Å². The lowest BCUT2D eigenvalue weighted by molar-refractivity contribution is -0.274. The molecule has 0 bridgehead atoms. The Morgan fingerprint density at radius 1 is 0.964 bits per heavy atom. The van der Waals surface area contributed by atoms with Crippen LogP contribution in [-0.4, -0.2) is 12.3 Å². The standard InChI is InChI=1S/C22H19F3O3/c1-14(26)27-21(10-4-5-11-21)20-18-7-3-2-6-15(18)12-16-13-17(8-9-19(16)20)28-22(23,24)25/h2-3,6-9,12-13H,4-5,10-11H2,1H3. The van der Waals surface area contributed by atoms with Crippen LogP contribution in [0.4, 0.5) is 13.2 Å². The second-order valence-corrected chi connectivity index (χ2v) is 7.20. The zero-order valence-electron chi connectivity index (χ0n) is 15.3. The Labute approximate surface area is 160 Å². The first-order chi connectivity index (χ1) is 13.3. The number of hydrogen-bond donors (Lipinski definition) is 0. The van der Waals surface area contributed by atoms with Crippen LogP contribution in [0, 0.1) is 0 Å². The molecule has 1 fully saturated rings. The molecule has 6 heteroatoms. The minimum absolute atomic E-state index is 0.269. The SMILES string of the molecule is CC(=O)OC1(c2c3ccccc3cc3cc(OC(F)(F)F)ccc23)CCCC1. The molecular formula is C22H19F3O3. The average Bonchev–Trinajstić information content (AvgIpc) is 3.06. The first kappa shape index (κ1) is 18.6. The van der Waals surface area contributed by atoms with Gasteiger partial charge < -0.3 is 9.47 Å². The van der Waals surface area contributed by atoms with E-state index in [2.05, 4.69) is 4.74 Å². The van der Waals surface area contributed by atoms with Gasteiger partial charge in [0, 0.05) is 12.5 Å². The Morgan fingerprint density at radius 2 is 1.64 bits per heavy atom. The van der Waals surface area contributed by atoms with Crippen LogP contribution >= 0.6 is 0 Å². The van der Waals surface area contributed by atoms with Gasteiger partial charge in [-0.2, -0.15) is 0 Å². The molecule has 0 amide bonds. The van der Waals surface area contributed by atoms with Gasteiger partial charge in [0.2, 0.25) is 0 Å². The van der Waals surface area contributed by atoms with Crippen LogP contribution in [-0.2, 0) is 15.1 Å². The third-order valence-electron chi connectivity index (χ3n) is 5.27. The van der Waals surface area contributed by atoms with Crippen molar-refractivity contribution in [3.05, 3.63) is 54.1 Å². The number of ether oxygens (including phenoxy) is 2. The predicted octanol–water partition coefficient (Wildman–Crippen LogP) is 6.22. The maximum absolute atomic E-state index is 12.6.